The maximum atomic E-state index is 12.7. The predicted octanol–water partition coefficient (Wildman–Crippen LogP) is 2.12. The van der Waals surface area contributed by atoms with Crippen LogP contribution in [-0.4, -0.2) is 65.5 Å². The fourth-order valence-electron chi connectivity index (χ4n) is 4.87. The number of imide groups is 1. The van der Waals surface area contributed by atoms with Gasteiger partial charge in [-0.05, 0) is 55.0 Å². The van der Waals surface area contributed by atoms with Gasteiger partial charge in [0.2, 0.25) is 11.8 Å². The standard InChI is InChI=1S/C24H31NO6/c1-14(10-15-5-7-17(27)8-6-15)4-9-20(28)21-16(13-31-3)11-18-22(19(21)12-26)24(30)25(2)23(18)29/h5-8,10,18-20,22,26-28H,4,9,11-13H2,1-3H3/b14-10+/t18-,19+,20-,22-/m1/s1. The minimum Gasteiger partial charge on any atom is -0.508 e. The Morgan fingerprint density at radius 1 is 1.26 bits per heavy atom. The Morgan fingerprint density at radius 3 is 2.55 bits per heavy atom. The topological polar surface area (TPSA) is 107 Å². The molecule has 3 rings (SSSR count). The number of likely N-dealkylation sites (tertiary alicyclic amines) is 1. The molecule has 0 spiro atoms. The average Bonchev–Trinajstić information content (AvgIpc) is 2.97. The van der Waals surface area contributed by atoms with Crippen molar-refractivity contribution >= 4 is 17.9 Å². The number of aromatic hydroxyl groups is 1. The van der Waals surface area contributed by atoms with Crippen LogP contribution < -0.4 is 0 Å². The van der Waals surface area contributed by atoms with Gasteiger partial charge in [-0.3, -0.25) is 14.5 Å². The zero-order valence-corrected chi connectivity index (χ0v) is 18.2. The van der Waals surface area contributed by atoms with Crippen LogP contribution in [0.25, 0.3) is 6.08 Å². The number of aliphatic hydroxyl groups excluding tert-OH is 2. The molecule has 2 amide bonds. The number of allylic oxidation sites excluding steroid dienone is 1. The average molecular weight is 430 g/mol. The van der Waals surface area contributed by atoms with Crippen LogP contribution in [0.5, 0.6) is 5.75 Å². The fraction of sp³-hybridized carbons (Fsp3) is 0.500. The van der Waals surface area contributed by atoms with Crippen LogP contribution in [0.1, 0.15) is 31.7 Å². The molecule has 2 aliphatic rings. The van der Waals surface area contributed by atoms with Gasteiger partial charge >= 0.3 is 0 Å². The van der Waals surface area contributed by atoms with E-state index >= 15 is 0 Å². The molecule has 7 nitrogen and oxygen atoms in total. The van der Waals surface area contributed by atoms with Crippen LogP contribution in [0.4, 0.5) is 0 Å². The molecule has 7 heteroatoms. The summed E-state index contributed by atoms with van der Waals surface area (Å²) in [5.74, 6) is -2.06. The van der Waals surface area contributed by atoms with Crippen LogP contribution in [-0.2, 0) is 14.3 Å². The number of rotatable bonds is 8. The molecule has 1 aliphatic carbocycles. The van der Waals surface area contributed by atoms with Gasteiger partial charge in [-0.1, -0.05) is 23.8 Å². The van der Waals surface area contributed by atoms with Crippen molar-refractivity contribution in [2.24, 2.45) is 17.8 Å². The molecule has 1 fully saturated rings. The van der Waals surface area contributed by atoms with Gasteiger partial charge in [0, 0.05) is 20.1 Å². The Labute approximate surface area is 182 Å². The molecule has 0 bridgehead atoms. The van der Waals surface area contributed by atoms with E-state index < -0.39 is 23.9 Å². The highest BCUT2D eigenvalue weighted by Crippen LogP contribution is 2.45. The highest BCUT2D eigenvalue weighted by Gasteiger charge is 2.53. The monoisotopic (exact) mass is 429 g/mol. The first-order valence-corrected chi connectivity index (χ1v) is 10.6. The summed E-state index contributed by atoms with van der Waals surface area (Å²) in [6.45, 7) is 1.91. The lowest BCUT2D eigenvalue weighted by atomic mass is 9.68. The third-order valence-electron chi connectivity index (χ3n) is 6.40. The van der Waals surface area contributed by atoms with E-state index in [1.54, 1.807) is 19.2 Å². The Kier molecular flexibility index (Phi) is 7.30. The molecule has 0 saturated carbocycles. The van der Waals surface area contributed by atoms with Crippen molar-refractivity contribution in [1.82, 2.24) is 4.90 Å². The number of benzene rings is 1. The molecule has 1 aromatic rings. The summed E-state index contributed by atoms with van der Waals surface area (Å²) in [4.78, 5) is 26.3. The number of hydrogen-bond donors (Lipinski definition) is 3. The summed E-state index contributed by atoms with van der Waals surface area (Å²) < 4.78 is 5.31. The smallest absolute Gasteiger partial charge is 0.233 e. The SMILES string of the molecule is COCC1=C([C@H](O)CC/C(C)=C/c2ccc(O)cc2)[C@H](CO)[C@@H]2C(=O)N(C)C(=O)[C@@H]2C1. The molecule has 0 radical (unpaired) electrons. The molecule has 3 N–H and O–H groups in total. The van der Waals surface area contributed by atoms with Gasteiger partial charge in [0.05, 0.1) is 31.2 Å². The maximum absolute atomic E-state index is 12.7. The van der Waals surface area contributed by atoms with Crippen molar-refractivity contribution < 1.29 is 29.6 Å². The molecule has 1 heterocycles. The van der Waals surface area contributed by atoms with Crippen molar-refractivity contribution in [3.63, 3.8) is 0 Å². The number of carbonyl (C=O) groups is 2. The van der Waals surface area contributed by atoms with Crippen molar-refractivity contribution in [3.05, 3.63) is 46.5 Å². The minimum atomic E-state index is -0.847. The number of ether oxygens (including phenoxy) is 1. The van der Waals surface area contributed by atoms with Crippen molar-refractivity contribution in [2.45, 2.75) is 32.3 Å². The van der Waals surface area contributed by atoms with Gasteiger partial charge in [-0.15, -0.1) is 0 Å². The summed E-state index contributed by atoms with van der Waals surface area (Å²) in [5.41, 5.74) is 3.45. The number of hydrogen-bond acceptors (Lipinski definition) is 6. The normalized spacial score (nSPS) is 25.3. The zero-order valence-electron chi connectivity index (χ0n) is 18.2. The van der Waals surface area contributed by atoms with Gasteiger partial charge in [-0.25, -0.2) is 0 Å². The lowest BCUT2D eigenvalue weighted by Crippen LogP contribution is -2.39. The number of phenolic OH excluding ortho intramolecular Hbond substituents is 1. The molecule has 31 heavy (non-hydrogen) atoms. The number of nitrogens with zero attached hydrogens (tertiary/aromatic N) is 1. The van der Waals surface area contributed by atoms with E-state index in [-0.39, 0.29) is 30.8 Å². The van der Waals surface area contributed by atoms with Gasteiger partial charge in [-0.2, -0.15) is 0 Å². The number of aliphatic hydroxyl groups is 2. The van der Waals surface area contributed by atoms with Crippen LogP contribution in [0.2, 0.25) is 0 Å². The Morgan fingerprint density at radius 2 is 1.94 bits per heavy atom. The molecule has 1 aliphatic heterocycles. The summed E-state index contributed by atoms with van der Waals surface area (Å²) in [6, 6.07) is 6.88. The van der Waals surface area contributed by atoms with E-state index in [0.29, 0.717) is 24.8 Å². The number of phenols is 1. The molecular weight excluding hydrogens is 398 g/mol. The van der Waals surface area contributed by atoms with Crippen LogP contribution in [0.15, 0.2) is 41.0 Å². The lowest BCUT2D eigenvalue weighted by molar-refractivity contribution is -0.138. The Balaban J connectivity index is 1.81. The first kappa shape index (κ1) is 23.2. The number of amides is 2. The maximum Gasteiger partial charge on any atom is 0.233 e. The van der Waals surface area contributed by atoms with E-state index in [1.807, 2.05) is 25.1 Å². The van der Waals surface area contributed by atoms with Crippen LogP contribution in [0.3, 0.4) is 0 Å². The number of carbonyl (C=O) groups excluding carboxylic acids is 2. The number of fused-ring (bicyclic) bond motifs is 1. The lowest BCUT2D eigenvalue weighted by Gasteiger charge is -2.36. The van der Waals surface area contributed by atoms with Gasteiger partial charge in [0.15, 0.2) is 0 Å². The molecule has 0 aromatic heterocycles. The van der Waals surface area contributed by atoms with Gasteiger partial charge in [0.1, 0.15) is 5.75 Å². The quantitative estimate of drug-likeness (QED) is 0.432. The fourth-order valence-corrected chi connectivity index (χ4v) is 4.87. The third-order valence-corrected chi connectivity index (χ3v) is 6.40. The highest BCUT2D eigenvalue weighted by atomic mass is 16.5. The second-order valence-corrected chi connectivity index (χ2v) is 8.49. The van der Waals surface area contributed by atoms with E-state index in [1.165, 1.54) is 7.05 Å². The van der Waals surface area contributed by atoms with Gasteiger partial charge in [0.25, 0.3) is 0 Å². The van der Waals surface area contributed by atoms with Gasteiger partial charge < -0.3 is 20.1 Å². The van der Waals surface area contributed by atoms with E-state index in [0.717, 1.165) is 21.6 Å². The number of methoxy groups -OCH3 is 1. The highest BCUT2D eigenvalue weighted by molar-refractivity contribution is 6.05. The van der Waals surface area contributed by atoms with Crippen LogP contribution >= 0.6 is 0 Å². The van der Waals surface area contributed by atoms with Crippen molar-refractivity contribution in [1.29, 1.82) is 0 Å². The zero-order chi connectivity index (χ0) is 22.7. The summed E-state index contributed by atoms with van der Waals surface area (Å²) in [7, 11) is 3.02. The molecule has 168 valence electrons. The van der Waals surface area contributed by atoms with E-state index in [2.05, 4.69) is 0 Å². The van der Waals surface area contributed by atoms with E-state index in [9.17, 15) is 24.9 Å². The molecule has 1 aromatic carbocycles. The Bertz CT molecular complexity index is 888. The van der Waals surface area contributed by atoms with Crippen molar-refractivity contribution in [3.8, 4) is 5.75 Å². The minimum absolute atomic E-state index is 0.207. The summed E-state index contributed by atoms with van der Waals surface area (Å²) >= 11 is 0. The summed E-state index contributed by atoms with van der Waals surface area (Å²) in [6.07, 6.45) is 2.55. The first-order valence-electron chi connectivity index (χ1n) is 10.6. The molecule has 4 atom stereocenters. The largest absolute Gasteiger partial charge is 0.508 e. The van der Waals surface area contributed by atoms with Crippen LogP contribution in [0, 0.1) is 17.8 Å². The first-order chi connectivity index (χ1) is 14.8. The predicted molar refractivity (Wildman–Crippen MR) is 116 cm³/mol. The van der Waals surface area contributed by atoms with Crippen molar-refractivity contribution in [2.75, 3.05) is 27.4 Å². The third kappa shape index (κ3) is 4.74. The second-order valence-electron chi connectivity index (χ2n) is 8.49. The molecule has 1 saturated heterocycles. The molecule has 0 unspecified atom stereocenters. The van der Waals surface area contributed by atoms with E-state index in [4.69, 9.17) is 4.74 Å². The Hall–Kier alpha value is -2.48. The second kappa shape index (κ2) is 9.77. The molecular formula is C24H31NO6. The summed E-state index contributed by atoms with van der Waals surface area (Å²) in [5, 5.41) is 30.6.